The Morgan fingerprint density at radius 1 is 1.50 bits per heavy atom. The Kier molecular flexibility index (Phi) is 6.02. The highest BCUT2D eigenvalue weighted by Crippen LogP contribution is 2.24. The number of halogens is 1. The van der Waals surface area contributed by atoms with Crippen LogP contribution in [0.15, 0.2) is 45.8 Å². The topological polar surface area (TPSA) is 93.4 Å². The number of nitriles is 1. The third-order valence-electron chi connectivity index (χ3n) is 4.13. The molecule has 2 aliphatic heterocycles. The lowest BCUT2D eigenvalue weighted by Crippen LogP contribution is -2.37. The molecule has 0 saturated carbocycles. The third-order valence-corrected chi connectivity index (χ3v) is 4.77. The van der Waals surface area contributed by atoms with E-state index in [0.717, 1.165) is 30.4 Å². The Morgan fingerprint density at radius 3 is 3.12 bits per heavy atom. The monoisotopic (exact) mass is 414 g/mol. The number of nitrogens with one attached hydrogen (secondary N) is 2. The van der Waals surface area contributed by atoms with E-state index in [9.17, 15) is 10.1 Å². The van der Waals surface area contributed by atoms with Crippen LogP contribution in [0.1, 0.15) is 25.0 Å². The zero-order valence-electron chi connectivity index (χ0n) is 14.2. The van der Waals surface area contributed by atoms with Crippen LogP contribution in [0.4, 0.5) is 0 Å². The van der Waals surface area contributed by atoms with Crippen molar-refractivity contribution in [2.45, 2.75) is 19.3 Å². The van der Waals surface area contributed by atoms with E-state index in [0.29, 0.717) is 35.9 Å². The average Bonchev–Trinajstić information content (AvgIpc) is 3.06. The molecule has 3 heterocycles. The summed E-state index contributed by atoms with van der Waals surface area (Å²) in [5, 5.41) is 15.7. The number of hydrogen-bond acceptors (Lipinski definition) is 4. The Balaban J connectivity index is 1.65. The van der Waals surface area contributed by atoms with E-state index in [4.69, 9.17) is 0 Å². The van der Waals surface area contributed by atoms with Crippen LogP contribution in [-0.2, 0) is 4.79 Å². The van der Waals surface area contributed by atoms with E-state index in [2.05, 4.69) is 42.6 Å². The molecule has 0 aliphatic carbocycles. The van der Waals surface area contributed by atoms with Crippen molar-refractivity contribution in [1.82, 2.24) is 20.5 Å². The molecule has 1 amide bonds. The summed E-state index contributed by atoms with van der Waals surface area (Å²) in [7, 11) is 0. The number of carbonyl (C=O) groups is 1. The van der Waals surface area contributed by atoms with Crippen molar-refractivity contribution in [1.29, 1.82) is 5.26 Å². The van der Waals surface area contributed by atoms with Gasteiger partial charge < -0.3 is 15.5 Å². The van der Waals surface area contributed by atoms with Crippen LogP contribution in [0.5, 0.6) is 0 Å². The van der Waals surface area contributed by atoms with Crippen LogP contribution in [0.2, 0.25) is 0 Å². The fourth-order valence-electron chi connectivity index (χ4n) is 2.84. The van der Waals surface area contributed by atoms with Gasteiger partial charge in [0, 0.05) is 42.9 Å². The van der Waals surface area contributed by atoms with Gasteiger partial charge >= 0.3 is 0 Å². The molecule has 0 spiro atoms. The number of rotatable bonds is 5. The minimum atomic E-state index is 0.235. The van der Waals surface area contributed by atoms with Gasteiger partial charge in [-0.25, -0.2) is 0 Å². The molecule has 2 N–H and O–H groups in total. The number of likely N-dealkylation sites (tertiary alicyclic amines) is 1. The van der Waals surface area contributed by atoms with Gasteiger partial charge in [0.05, 0.1) is 11.4 Å². The predicted octanol–water partition coefficient (Wildman–Crippen LogP) is 2.15. The van der Waals surface area contributed by atoms with Crippen molar-refractivity contribution in [2.75, 3.05) is 19.6 Å². The second-order valence-electron chi connectivity index (χ2n) is 5.91. The molecular weight excluding hydrogens is 396 g/mol. The van der Waals surface area contributed by atoms with Crippen LogP contribution >= 0.6 is 15.9 Å². The third kappa shape index (κ3) is 4.29. The number of hydrogen-bond donors (Lipinski definition) is 2. The molecule has 1 aromatic rings. The highest BCUT2D eigenvalue weighted by atomic mass is 79.9. The highest BCUT2D eigenvalue weighted by Gasteiger charge is 2.19. The van der Waals surface area contributed by atoms with Gasteiger partial charge in [-0.2, -0.15) is 5.26 Å². The van der Waals surface area contributed by atoms with Crippen molar-refractivity contribution >= 4 is 33.4 Å². The lowest BCUT2D eigenvalue weighted by Gasteiger charge is -2.18. The minimum absolute atomic E-state index is 0.235. The quantitative estimate of drug-likeness (QED) is 0.568. The molecule has 0 aromatic carbocycles. The van der Waals surface area contributed by atoms with Gasteiger partial charge in [-0.15, -0.1) is 0 Å². The molecule has 1 fully saturated rings. The second-order valence-corrected chi connectivity index (χ2v) is 6.76. The van der Waals surface area contributed by atoms with Gasteiger partial charge in [0.2, 0.25) is 5.91 Å². The normalized spacial score (nSPS) is 19.9. The van der Waals surface area contributed by atoms with E-state index in [1.165, 1.54) is 0 Å². The molecule has 26 heavy (non-hydrogen) atoms. The average molecular weight is 415 g/mol. The van der Waals surface area contributed by atoms with Gasteiger partial charge in [0.25, 0.3) is 0 Å². The largest absolute Gasteiger partial charge is 0.343 e. The summed E-state index contributed by atoms with van der Waals surface area (Å²) < 4.78 is 0.756. The van der Waals surface area contributed by atoms with Crippen molar-refractivity contribution in [3.8, 4) is 6.07 Å². The number of guanidine groups is 1. The molecule has 2 aliphatic rings. The van der Waals surface area contributed by atoms with E-state index >= 15 is 0 Å². The first-order valence-electron chi connectivity index (χ1n) is 8.46. The molecule has 0 radical (unpaired) electrons. The van der Waals surface area contributed by atoms with Crippen molar-refractivity contribution < 1.29 is 4.79 Å². The van der Waals surface area contributed by atoms with E-state index < -0.39 is 0 Å². The van der Waals surface area contributed by atoms with Crippen LogP contribution in [0.3, 0.4) is 0 Å². The van der Waals surface area contributed by atoms with Crippen LogP contribution < -0.4 is 10.6 Å². The molecule has 8 heteroatoms. The minimum Gasteiger partial charge on any atom is -0.343 e. The maximum Gasteiger partial charge on any atom is 0.222 e. The lowest BCUT2D eigenvalue weighted by molar-refractivity contribution is -0.127. The summed E-state index contributed by atoms with van der Waals surface area (Å²) in [5.74, 6) is 0.814. The number of pyridine rings is 1. The van der Waals surface area contributed by atoms with E-state index in [1.54, 1.807) is 24.5 Å². The maximum atomic E-state index is 11.6. The van der Waals surface area contributed by atoms with Crippen LogP contribution in [0.25, 0.3) is 5.57 Å². The Hall–Kier alpha value is -2.66. The van der Waals surface area contributed by atoms with Crippen molar-refractivity contribution in [3.05, 3.63) is 46.5 Å². The summed E-state index contributed by atoms with van der Waals surface area (Å²) in [6.07, 6.45) is 7.59. The number of carbonyl (C=O) groups excluding carboxylic acids is 1. The van der Waals surface area contributed by atoms with Gasteiger partial charge in [-0.3, -0.25) is 14.8 Å². The standard InChI is InChI=1S/C18H19BrN6O/c19-14-4-1-7-21-17(14)13(12-20)15-6-9-23-18(24-15)22-8-3-11-25-10-2-5-16(25)26/h1,4,6-7,9H,2-3,5,8,10-11H2,(H2,22,23,24). The Morgan fingerprint density at radius 2 is 2.38 bits per heavy atom. The van der Waals surface area contributed by atoms with Gasteiger partial charge in [0.1, 0.15) is 11.6 Å². The zero-order valence-corrected chi connectivity index (χ0v) is 15.8. The summed E-state index contributed by atoms with van der Waals surface area (Å²) in [4.78, 5) is 22.2. The number of aliphatic imine (C=N–C) groups is 1. The van der Waals surface area contributed by atoms with Gasteiger partial charge in [0.15, 0.2) is 5.96 Å². The Bertz CT molecular complexity index is 823. The lowest BCUT2D eigenvalue weighted by atomic mass is 10.1. The summed E-state index contributed by atoms with van der Waals surface area (Å²) in [5.41, 5.74) is 1.65. The zero-order chi connectivity index (χ0) is 18.4. The van der Waals surface area contributed by atoms with E-state index in [-0.39, 0.29) is 5.91 Å². The fourth-order valence-corrected chi connectivity index (χ4v) is 3.30. The molecular formula is C18H19BrN6O. The summed E-state index contributed by atoms with van der Waals surface area (Å²) in [6.45, 7) is 2.18. The van der Waals surface area contributed by atoms with Gasteiger partial charge in [-0.1, -0.05) is 0 Å². The molecule has 3 rings (SSSR count). The highest BCUT2D eigenvalue weighted by molar-refractivity contribution is 9.10. The maximum absolute atomic E-state index is 11.6. The first-order valence-corrected chi connectivity index (χ1v) is 9.26. The first kappa shape index (κ1) is 18.1. The molecule has 0 bridgehead atoms. The summed E-state index contributed by atoms with van der Waals surface area (Å²) >= 11 is 3.43. The number of amides is 1. The molecule has 0 atom stereocenters. The molecule has 7 nitrogen and oxygen atoms in total. The molecule has 1 saturated heterocycles. The number of allylic oxidation sites excluding steroid dienone is 2. The SMILES string of the molecule is N#CC(=C1C=CNC(=NCCCN2CCCC2=O)N1)c1ncccc1Br. The fraction of sp³-hybridized carbons (Fsp3) is 0.333. The smallest absolute Gasteiger partial charge is 0.222 e. The Labute approximate surface area is 160 Å². The van der Waals surface area contributed by atoms with Crippen LogP contribution in [-0.4, -0.2) is 41.4 Å². The molecule has 1 aromatic heterocycles. The van der Waals surface area contributed by atoms with Gasteiger partial charge in [-0.05, 0) is 47.0 Å². The van der Waals surface area contributed by atoms with Crippen molar-refractivity contribution in [3.63, 3.8) is 0 Å². The molecule has 0 unspecified atom stereocenters. The van der Waals surface area contributed by atoms with Crippen LogP contribution in [0, 0.1) is 11.3 Å². The first-order chi connectivity index (χ1) is 12.7. The molecule has 134 valence electrons. The summed E-state index contributed by atoms with van der Waals surface area (Å²) in [6, 6.07) is 5.85. The van der Waals surface area contributed by atoms with E-state index in [1.807, 2.05) is 11.0 Å². The number of nitrogens with zero attached hydrogens (tertiary/aromatic N) is 4. The van der Waals surface area contributed by atoms with Crippen molar-refractivity contribution in [2.24, 2.45) is 4.99 Å². The number of aromatic nitrogens is 1. The predicted molar refractivity (Wildman–Crippen MR) is 103 cm³/mol. The second kappa shape index (κ2) is 8.63.